The lowest BCUT2D eigenvalue weighted by Gasteiger charge is -2.34. The molecule has 132 valence electrons. The number of rotatable bonds is 6. The summed E-state index contributed by atoms with van der Waals surface area (Å²) in [5.41, 5.74) is 1.16. The fourth-order valence-electron chi connectivity index (χ4n) is 2.74. The molecule has 1 aromatic carbocycles. The van der Waals surface area contributed by atoms with Gasteiger partial charge in [0.05, 0.1) is 11.4 Å². The fourth-order valence-corrected chi connectivity index (χ4v) is 3.40. The molecule has 3 rings (SSSR count). The Morgan fingerprint density at radius 1 is 1.08 bits per heavy atom. The number of carbonyl (C=O) groups is 2. The minimum absolute atomic E-state index is 0.00944. The number of ketones is 1. The van der Waals surface area contributed by atoms with Gasteiger partial charge in [0.25, 0.3) is 5.91 Å². The van der Waals surface area contributed by atoms with Crippen molar-refractivity contribution in [3.8, 4) is 5.75 Å². The van der Waals surface area contributed by atoms with Crippen LogP contribution >= 0.6 is 11.3 Å². The predicted molar refractivity (Wildman–Crippen MR) is 98.3 cm³/mol. The van der Waals surface area contributed by atoms with Gasteiger partial charge in [0.1, 0.15) is 5.75 Å². The van der Waals surface area contributed by atoms with Crippen molar-refractivity contribution in [3.05, 3.63) is 52.2 Å². The Labute approximate surface area is 151 Å². The first-order valence-electron chi connectivity index (χ1n) is 8.38. The van der Waals surface area contributed by atoms with Crippen molar-refractivity contribution in [2.75, 3.05) is 39.3 Å². The number of benzene rings is 1. The Balaban J connectivity index is 1.41. The number of amides is 1. The smallest absolute Gasteiger partial charge is 0.260 e. The van der Waals surface area contributed by atoms with E-state index in [2.05, 4.69) is 4.90 Å². The molecule has 2 aromatic rings. The first-order chi connectivity index (χ1) is 12.1. The van der Waals surface area contributed by atoms with Gasteiger partial charge < -0.3 is 9.64 Å². The highest BCUT2D eigenvalue weighted by atomic mass is 32.1. The maximum absolute atomic E-state index is 12.3. The van der Waals surface area contributed by atoms with E-state index in [0.29, 0.717) is 38.5 Å². The van der Waals surface area contributed by atoms with Crippen LogP contribution in [0.15, 0.2) is 41.8 Å². The third-order valence-corrected chi connectivity index (χ3v) is 5.18. The number of thiophene rings is 1. The highest BCUT2D eigenvalue weighted by molar-refractivity contribution is 7.12. The maximum atomic E-state index is 12.3. The summed E-state index contributed by atoms with van der Waals surface area (Å²) in [4.78, 5) is 29.1. The van der Waals surface area contributed by atoms with E-state index in [-0.39, 0.29) is 18.3 Å². The van der Waals surface area contributed by atoms with Crippen molar-refractivity contribution < 1.29 is 14.3 Å². The molecule has 0 radical (unpaired) electrons. The van der Waals surface area contributed by atoms with Crippen molar-refractivity contribution >= 4 is 23.0 Å². The largest absolute Gasteiger partial charge is 0.484 e. The molecule has 0 saturated carbocycles. The van der Waals surface area contributed by atoms with Gasteiger partial charge >= 0.3 is 0 Å². The van der Waals surface area contributed by atoms with Crippen LogP contribution in [0.5, 0.6) is 5.75 Å². The number of ether oxygens (including phenoxy) is 1. The zero-order valence-corrected chi connectivity index (χ0v) is 15.1. The van der Waals surface area contributed by atoms with E-state index in [1.165, 1.54) is 11.3 Å². The number of nitrogens with zero attached hydrogens (tertiary/aromatic N) is 2. The van der Waals surface area contributed by atoms with Gasteiger partial charge in [-0.3, -0.25) is 14.5 Å². The summed E-state index contributed by atoms with van der Waals surface area (Å²) in [5, 5.41) is 1.91. The molecule has 1 fully saturated rings. The highest BCUT2D eigenvalue weighted by Crippen LogP contribution is 2.13. The van der Waals surface area contributed by atoms with E-state index in [1.54, 1.807) is 4.90 Å². The van der Waals surface area contributed by atoms with E-state index >= 15 is 0 Å². The Kier molecular flexibility index (Phi) is 5.83. The van der Waals surface area contributed by atoms with Gasteiger partial charge in [-0.2, -0.15) is 0 Å². The summed E-state index contributed by atoms with van der Waals surface area (Å²) < 4.78 is 5.56. The number of aryl methyl sites for hydroxylation is 1. The molecule has 1 saturated heterocycles. The molecule has 2 heterocycles. The third kappa shape index (κ3) is 4.90. The van der Waals surface area contributed by atoms with Crippen LogP contribution in [0.25, 0.3) is 0 Å². The quantitative estimate of drug-likeness (QED) is 0.745. The molecule has 0 spiro atoms. The highest BCUT2D eigenvalue weighted by Gasteiger charge is 2.23. The van der Waals surface area contributed by atoms with Crippen LogP contribution < -0.4 is 4.74 Å². The summed E-state index contributed by atoms with van der Waals surface area (Å²) in [7, 11) is 0. The van der Waals surface area contributed by atoms with Gasteiger partial charge in [0.2, 0.25) is 0 Å². The Morgan fingerprint density at radius 3 is 2.44 bits per heavy atom. The van der Waals surface area contributed by atoms with Crippen LogP contribution in [-0.4, -0.2) is 60.8 Å². The normalized spacial score (nSPS) is 15.2. The average Bonchev–Trinajstić information content (AvgIpc) is 3.16. The predicted octanol–water partition coefficient (Wildman–Crippen LogP) is 2.46. The first kappa shape index (κ1) is 17.6. The van der Waals surface area contributed by atoms with Gasteiger partial charge in [0, 0.05) is 26.2 Å². The van der Waals surface area contributed by atoms with Crippen LogP contribution in [0.2, 0.25) is 0 Å². The molecular weight excluding hydrogens is 336 g/mol. The van der Waals surface area contributed by atoms with Crippen LogP contribution in [0, 0.1) is 6.92 Å². The van der Waals surface area contributed by atoms with E-state index in [9.17, 15) is 9.59 Å². The molecule has 1 amide bonds. The van der Waals surface area contributed by atoms with Crippen LogP contribution in [-0.2, 0) is 4.79 Å². The number of carbonyl (C=O) groups excluding carboxylic acids is 2. The molecular formula is C19H22N2O3S. The number of piperazine rings is 1. The van der Waals surface area contributed by atoms with E-state index in [1.807, 2.05) is 48.7 Å². The van der Waals surface area contributed by atoms with Crippen LogP contribution in [0.1, 0.15) is 15.2 Å². The number of hydrogen-bond donors (Lipinski definition) is 0. The molecule has 6 heteroatoms. The minimum atomic E-state index is -0.00944. The summed E-state index contributed by atoms with van der Waals surface area (Å²) >= 11 is 1.47. The monoisotopic (exact) mass is 358 g/mol. The first-order valence-corrected chi connectivity index (χ1v) is 9.26. The summed E-state index contributed by atoms with van der Waals surface area (Å²) in [6.45, 7) is 5.18. The van der Waals surface area contributed by atoms with Gasteiger partial charge in [-0.05, 0) is 30.5 Å². The second kappa shape index (κ2) is 8.27. The van der Waals surface area contributed by atoms with Gasteiger partial charge in [-0.25, -0.2) is 0 Å². The van der Waals surface area contributed by atoms with Crippen molar-refractivity contribution in [3.63, 3.8) is 0 Å². The number of hydrogen-bond acceptors (Lipinski definition) is 5. The molecule has 0 unspecified atom stereocenters. The SMILES string of the molecule is Cc1ccc(OCC(=O)N2CCN(CC(=O)c3cccs3)CC2)cc1. The maximum Gasteiger partial charge on any atom is 0.260 e. The molecule has 1 aliphatic heterocycles. The fraction of sp³-hybridized carbons (Fsp3) is 0.368. The summed E-state index contributed by atoms with van der Waals surface area (Å²) in [6, 6.07) is 11.4. The van der Waals surface area contributed by atoms with Gasteiger partial charge in [-0.1, -0.05) is 23.8 Å². The lowest BCUT2D eigenvalue weighted by atomic mass is 10.2. The molecule has 0 bridgehead atoms. The molecule has 0 atom stereocenters. The number of Topliss-reactive ketones (excluding diaryl/α,β-unsaturated/α-hetero) is 1. The molecule has 1 aromatic heterocycles. The van der Waals surface area contributed by atoms with Crippen molar-refractivity contribution in [1.29, 1.82) is 0 Å². The van der Waals surface area contributed by atoms with Crippen LogP contribution in [0.4, 0.5) is 0 Å². The third-order valence-electron chi connectivity index (χ3n) is 4.27. The van der Waals surface area contributed by atoms with Gasteiger partial charge in [0.15, 0.2) is 12.4 Å². The molecule has 0 N–H and O–H groups in total. The van der Waals surface area contributed by atoms with E-state index in [4.69, 9.17) is 4.74 Å². The van der Waals surface area contributed by atoms with Crippen molar-refractivity contribution in [2.45, 2.75) is 6.92 Å². The molecule has 1 aliphatic rings. The second-order valence-corrected chi connectivity index (χ2v) is 7.11. The zero-order chi connectivity index (χ0) is 17.6. The zero-order valence-electron chi connectivity index (χ0n) is 14.3. The molecule has 5 nitrogen and oxygen atoms in total. The lowest BCUT2D eigenvalue weighted by Crippen LogP contribution is -2.50. The van der Waals surface area contributed by atoms with Gasteiger partial charge in [-0.15, -0.1) is 11.3 Å². The van der Waals surface area contributed by atoms with Crippen LogP contribution in [0.3, 0.4) is 0 Å². The Morgan fingerprint density at radius 2 is 1.80 bits per heavy atom. The summed E-state index contributed by atoms with van der Waals surface area (Å²) in [5.74, 6) is 0.849. The molecule has 0 aliphatic carbocycles. The topological polar surface area (TPSA) is 49.9 Å². The Bertz CT molecular complexity index is 705. The summed E-state index contributed by atoms with van der Waals surface area (Å²) in [6.07, 6.45) is 0. The average molecular weight is 358 g/mol. The molecule has 25 heavy (non-hydrogen) atoms. The standard InChI is InChI=1S/C19H22N2O3S/c1-15-4-6-16(7-5-15)24-14-19(23)21-10-8-20(9-11-21)13-17(22)18-3-2-12-25-18/h2-7,12H,8-11,13-14H2,1H3. The minimum Gasteiger partial charge on any atom is -0.484 e. The van der Waals surface area contributed by atoms with Crippen molar-refractivity contribution in [2.24, 2.45) is 0 Å². The van der Waals surface area contributed by atoms with Crippen molar-refractivity contribution in [1.82, 2.24) is 9.80 Å². The lowest BCUT2D eigenvalue weighted by molar-refractivity contribution is -0.135. The second-order valence-electron chi connectivity index (χ2n) is 6.16. The van der Waals surface area contributed by atoms with E-state index in [0.717, 1.165) is 10.4 Å². The Hall–Kier alpha value is -2.18. The van der Waals surface area contributed by atoms with E-state index < -0.39 is 0 Å².